The molecule has 0 aromatic carbocycles. The number of ketones is 1. The zero-order chi connectivity index (χ0) is 14.9. The predicted molar refractivity (Wildman–Crippen MR) is 77.0 cm³/mol. The molecular weight excluding hydrogens is 250 g/mol. The second-order valence-electron chi connectivity index (χ2n) is 5.49. The van der Waals surface area contributed by atoms with E-state index in [0.717, 1.165) is 18.5 Å². The maximum absolute atomic E-state index is 11.8. The van der Waals surface area contributed by atoms with E-state index in [1.165, 1.54) is 5.56 Å². The van der Waals surface area contributed by atoms with Crippen molar-refractivity contribution in [2.45, 2.75) is 45.4 Å². The van der Waals surface area contributed by atoms with Crippen LogP contribution in [-0.2, 0) is 23.7 Å². The first-order chi connectivity index (χ1) is 9.54. The first-order valence-electron chi connectivity index (χ1n) is 7.24. The number of Topliss-reactive ketones (excluding diaryl/α,β-unsaturated/α-hetero) is 1. The lowest BCUT2D eigenvalue weighted by Gasteiger charge is -2.40. The first-order valence-corrected chi connectivity index (χ1v) is 7.24. The van der Waals surface area contributed by atoms with Crippen LogP contribution in [0.1, 0.15) is 44.9 Å². The summed E-state index contributed by atoms with van der Waals surface area (Å²) in [5, 5.41) is 13.6. The van der Waals surface area contributed by atoms with Crippen molar-refractivity contribution in [3.63, 3.8) is 0 Å². The van der Waals surface area contributed by atoms with Crippen molar-refractivity contribution in [3.8, 4) is 6.07 Å². The highest BCUT2D eigenvalue weighted by molar-refractivity contribution is 6.00. The average molecular weight is 271 g/mol. The van der Waals surface area contributed by atoms with E-state index in [1.807, 2.05) is 43.9 Å². The second kappa shape index (κ2) is 5.24. The third-order valence-electron chi connectivity index (χ3n) is 4.32. The number of fused-ring (bicyclic) bond motifs is 3. The highest BCUT2D eigenvalue weighted by Crippen LogP contribution is 2.46. The van der Waals surface area contributed by atoms with Crippen LogP contribution < -0.4 is 0 Å². The zero-order valence-corrected chi connectivity index (χ0v) is 12.6. The Balaban J connectivity index is 0.000000704. The zero-order valence-electron chi connectivity index (χ0n) is 12.6. The van der Waals surface area contributed by atoms with Gasteiger partial charge >= 0.3 is 0 Å². The van der Waals surface area contributed by atoms with Crippen LogP contribution in [-0.4, -0.2) is 15.6 Å². The molecule has 1 heterocycles. The van der Waals surface area contributed by atoms with E-state index in [2.05, 4.69) is 12.0 Å². The van der Waals surface area contributed by atoms with Gasteiger partial charge in [-0.15, -0.1) is 0 Å². The Labute approximate surface area is 120 Å². The van der Waals surface area contributed by atoms with E-state index in [0.29, 0.717) is 12.0 Å². The smallest absolute Gasteiger partial charge is 0.173 e. The van der Waals surface area contributed by atoms with Crippen molar-refractivity contribution in [1.82, 2.24) is 9.78 Å². The van der Waals surface area contributed by atoms with E-state index in [4.69, 9.17) is 5.26 Å². The fourth-order valence-corrected chi connectivity index (χ4v) is 3.31. The van der Waals surface area contributed by atoms with Gasteiger partial charge in [0, 0.05) is 25.1 Å². The van der Waals surface area contributed by atoms with E-state index >= 15 is 0 Å². The monoisotopic (exact) mass is 271 g/mol. The van der Waals surface area contributed by atoms with Crippen LogP contribution in [0.15, 0.2) is 17.8 Å². The number of aryl methyl sites for hydroxylation is 2. The van der Waals surface area contributed by atoms with E-state index in [-0.39, 0.29) is 17.1 Å². The topological polar surface area (TPSA) is 58.7 Å². The quantitative estimate of drug-likeness (QED) is 0.729. The highest BCUT2D eigenvalue weighted by atomic mass is 16.1. The van der Waals surface area contributed by atoms with Crippen molar-refractivity contribution >= 4 is 5.78 Å². The molecule has 0 N–H and O–H groups in total. The molecule has 106 valence electrons. The number of hydrogen-bond donors (Lipinski definition) is 0. The summed E-state index contributed by atoms with van der Waals surface area (Å²) in [7, 11) is 1.92. The van der Waals surface area contributed by atoms with Crippen LogP contribution >= 0.6 is 0 Å². The molecule has 4 nitrogen and oxygen atoms in total. The van der Waals surface area contributed by atoms with Gasteiger partial charge in [-0.05, 0) is 24.3 Å². The molecule has 20 heavy (non-hydrogen) atoms. The minimum absolute atomic E-state index is 0.0145. The van der Waals surface area contributed by atoms with Crippen LogP contribution in [0.3, 0.4) is 0 Å². The SMILES string of the molecule is CC.Cn1cc2c(n1)C1(C)C=C(C#N)C(=O)CC1CC2. The Hall–Kier alpha value is -1.89. The molecule has 1 aromatic rings. The molecule has 3 rings (SSSR count). The molecule has 2 unspecified atom stereocenters. The van der Waals surface area contributed by atoms with Crippen LogP contribution in [0, 0.1) is 17.2 Å². The summed E-state index contributed by atoms with van der Waals surface area (Å²) < 4.78 is 1.83. The Morgan fingerprint density at radius 1 is 1.50 bits per heavy atom. The summed E-state index contributed by atoms with van der Waals surface area (Å²) >= 11 is 0. The lowest BCUT2D eigenvalue weighted by Crippen LogP contribution is -2.40. The fourth-order valence-electron chi connectivity index (χ4n) is 3.31. The van der Waals surface area contributed by atoms with E-state index < -0.39 is 0 Å². The van der Waals surface area contributed by atoms with Crippen LogP contribution in [0.5, 0.6) is 0 Å². The lowest BCUT2D eigenvalue weighted by molar-refractivity contribution is -0.117. The molecule has 2 aliphatic rings. The van der Waals surface area contributed by atoms with Gasteiger partial charge in [0.1, 0.15) is 6.07 Å². The number of rotatable bonds is 0. The maximum Gasteiger partial charge on any atom is 0.173 e. The molecule has 0 amide bonds. The molecule has 0 saturated carbocycles. The average Bonchev–Trinajstić information content (AvgIpc) is 2.83. The standard InChI is InChI=1S/C14H15N3O.C2H6/c1-14-6-10(7-15)12(18)5-11(14)4-3-9-8-17(2)16-13(9)14;1-2/h6,8,11H,3-5H2,1-2H3;1-2H3. The molecule has 2 aliphatic carbocycles. The normalized spacial score (nSPS) is 27.4. The van der Waals surface area contributed by atoms with Gasteiger partial charge in [0.15, 0.2) is 5.78 Å². The molecule has 0 fully saturated rings. The number of aromatic nitrogens is 2. The van der Waals surface area contributed by atoms with Crippen LogP contribution in [0.25, 0.3) is 0 Å². The lowest BCUT2D eigenvalue weighted by atomic mass is 9.62. The summed E-state index contributed by atoms with van der Waals surface area (Å²) in [5.41, 5.74) is 2.33. The number of allylic oxidation sites excluding steroid dienone is 2. The molecule has 0 radical (unpaired) electrons. The summed E-state index contributed by atoms with van der Waals surface area (Å²) in [6.07, 6.45) is 6.34. The largest absolute Gasteiger partial charge is 0.293 e. The van der Waals surface area contributed by atoms with Gasteiger partial charge in [0.05, 0.1) is 11.3 Å². The number of hydrogen-bond acceptors (Lipinski definition) is 3. The maximum atomic E-state index is 11.8. The molecule has 1 aromatic heterocycles. The van der Waals surface area contributed by atoms with Gasteiger partial charge in [-0.2, -0.15) is 10.4 Å². The molecule has 2 atom stereocenters. The van der Waals surface area contributed by atoms with Crippen molar-refractivity contribution in [2.24, 2.45) is 13.0 Å². The van der Waals surface area contributed by atoms with Crippen molar-refractivity contribution in [1.29, 1.82) is 5.26 Å². The minimum atomic E-state index is -0.256. The number of carbonyl (C=O) groups excluding carboxylic acids is 1. The molecule has 4 heteroatoms. The molecule has 0 aliphatic heterocycles. The van der Waals surface area contributed by atoms with Gasteiger partial charge in [-0.1, -0.05) is 26.8 Å². The van der Waals surface area contributed by atoms with E-state index in [1.54, 1.807) is 0 Å². The van der Waals surface area contributed by atoms with Crippen LogP contribution in [0.4, 0.5) is 0 Å². The molecule has 0 bridgehead atoms. The third kappa shape index (κ3) is 2.07. The van der Waals surface area contributed by atoms with Gasteiger partial charge in [0.25, 0.3) is 0 Å². The molecular formula is C16H21N3O. The summed E-state index contributed by atoms with van der Waals surface area (Å²) in [5.74, 6) is 0.267. The van der Waals surface area contributed by atoms with Crippen LogP contribution in [0.2, 0.25) is 0 Å². The third-order valence-corrected chi connectivity index (χ3v) is 4.32. The summed E-state index contributed by atoms with van der Waals surface area (Å²) in [6, 6.07) is 2.03. The molecule has 0 spiro atoms. The van der Waals surface area contributed by atoms with Gasteiger partial charge in [-0.3, -0.25) is 9.48 Å². The second-order valence-corrected chi connectivity index (χ2v) is 5.49. The molecule has 0 saturated heterocycles. The summed E-state index contributed by atoms with van der Waals surface area (Å²) in [4.78, 5) is 11.8. The van der Waals surface area contributed by atoms with Gasteiger partial charge < -0.3 is 0 Å². The van der Waals surface area contributed by atoms with Crippen molar-refractivity contribution < 1.29 is 4.79 Å². The Morgan fingerprint density at radius 2 is 2.20 bits per heavy atom. The van der Waals surface area contributed by atoms with Gasteiger partial charge in [0.2, 0.25) is 0 Å². The Morgan fingerprint density at radius 3 is 2.85 bits per heavy atom. The first kappa shape index (κ1) is 14.5. The van der Waals surface area contributed by atoms with Gasteiger partial charge in [-0.25, -0.2) is 0 Å². The Bertz CT molecular complexity index is 606. The Kier molecular flexibility index (Phi) is 3.80. The number of nitriles is 1. The fraction of sp³-hybridized carbons (Fsp3) is 0.562. The summed E-state index contributed by atoms with van der Waals surface area (Å²) in [6.45, 7) is 6.10. The highest BCUT2D eigenvalue weighted by Gasteiger charge is 2.45. The number of carbonyl (C=O) groups is 1. The predicted octanol–water partition coefficient (Wildman–Crippen LogP) is 2.69. The number of nitrogens with zero attached hydrogens (tertiary/aromatic N) is 3. The van der Waals surface area contributed by atoms with Crippen molar-refractivity contribution in [3.05, 3.63) is 29.1 Å². The van der Waals surface area contributed by atoms with Crippen molar-refractivity contribution in [2.75, 3.05) is 0 Å². The minimum Gasteiger partial charge on any atom is -0.293 e. The van der Waals surface area contributed by atoms with E-state index in [9.17, 15) is 4.79 Å².